The second-order valence-corrected chi connectivity index (χ2v) is 5.09. The number of rotatable bonds is 11. The van der Waals surface area contributed by atoms with Gasteiger partial charge in [0.15, 0.2) is 0 Å². The summed E-state index contributed by atoms with van der Waals surface area (Å²) < 4.78 is 0. The number of hydrogen-bond acceptors (Lipinski definition) is 2. The zero-order chi connectivity index (χ0) is 13.8. The van der Waals surface area contributed by atoms with Gasteiger partial charge in [-0.2, -0.15) is 5.26 Å². The molecule has 0 amide bonds. The third-order valence-electron chi connectivity index (χ3n) is 3.47. The van der Waals surface area contributed by atoms with E-state index >= 15 is 0 Å². The predicted octanol–water partition coefficient (Wildman–Crippen LogP) is 4.38. The van der Waals surface area contributed by atoms with Crippen LogP contribution < -0.4 is 0 Å². The van der Waals surface area contributed by atoms with Gasteiger partial charge in [-0.15, -0.1) is 0 Å². The van der Waals surface area contributed by atoms with Crippen LogP contribution in [0.5, 0.6) is 0 Å². The third kappa shape index (κ3) is 8.11. The van der Waals surface area contributed by atoms with Crippen LogP contribution in [0.4, 0.5) is 0 Å². The fourth-order valence-electron chi connectivity index (χ4n) is 2.35. The van der Waals surface area contributed by atoms with E-state index in [9.17, 15) is 10.1 Å². The Bertz CT molecular complexity index is 258. The molecule has 3 heteroatoms. The molecule has 18 heavy (non-hydrogen) atoms. The standard InChI is InChI=1S/C15H27NO2/c1-3-5-7-9-13(11-15(17)18)14(12-16)10-8-6-4-2/h13-14H,3-11H2,1-2H3,(H,17,18). The molecule has 0 aromatic carbocycles. The van der Waals surface area contributed by atoms with Crippen molar-refractivity contribution in [2.75, 3.05) is 0 Å². The minimum Gasteiger partial charge on any atom is -0.481 e. The van der Waals surface area contributed by atoms with Gasteiger partial charge in [-0.05, 0) is 18.8 Å². The molecule has 0 fully saturated rings. The summed E-state index contributed by atoms with van der Waals surface area (Å²) in [5.74, 6) is -0.812. The molecule has 3 nitrogen and oxygen atoms in total. The van der Waals surface area contributed by atoms with Crippen molar-refractivity contribution in [3.05, 3.63) is 0 Å². The summed E-state index contributed by atoms with van der Waals surface area (Å²) in [6.45, 7) is 4.27. The van der Waals surface area contributed by atoms with Gasteiger partial charge in [-0.3, -0.25) is 4.79 Å². The molecule has 0 bridgehead atoms. The Morgan fingerprint density at radius 2 is 1.67 bits per heavy atom. The SMILES string of the molecule is CCCCCC(C#N)C(CCCCC)CC(=O)O. The highest BCUT2D eigenvalue weighted by molar-refractivity contribution is 5.67. The highest BCUT2D eigenvalue weighted by atomic mass is 16.4. The van der Waals surface area contributed by atoms with Crippen LogP contribution in [-0.2, 0) is 4.79 Å². The van der Waals surface area contributed by atoms with Crippen molar-refractivity contribution in [1.82, 2.24) is 0 Å². The quantitative estimate of drug-likeness (QED) is 0.556. The molecule has 0 aliphatic heterocycles. The molecule has 0 aliphatic carbocycles. The van der Waals surface area contributed by atoms with E-state index in [-0.39, 0.29) is 18.3 Å². The minimum atomic E-state index is -0.771. The van der Waals surface area contributed by atoms with Crippen molar-refractivity contribution >= 4 is 5.97 Å². The summed E-state index contributed by atoms with van der Waals surface area (Å²) in [5, 5.41) is 18.2. The number of unbranched alkanes of at least 4 members (excludes halogenated alkanes) is 4. The van der Waals surface area contributed by atoms with E-state index in [0.29, 0.717) is 0 Å². The smallest absolute Gasteiger partial charge is 0.303 e. The van der Waals surface area contributed by atoms with Crippen molar-refractivity contribution in [1.29, 1.82) is 5.26 Å². The third-order valence-corrected chi connectivity index (χ3v) is 3.47. The van der Waals surface area contributed by atoms with E-state index in [1.54, 1.807) is 0 Å². The lowest BCUT2D eigenvalue weighted by Gasteiger charge is -2.20. The lowest BCUT2D eigenvalue weighted by atomic mass is 9.83. The van der Waals surface area contributed by atoms with Gasteiger partial charge in [0.2, 0.25) is 0 Å². The van der Waals surface area contributed by atoms with Crippen LogP contribution in [-0.4, -0.2) is 11.1 Å². The number of carbonyl (C=O) groups is 1. The fourth-order valence-corrected chi connectivity index (χ4v) is 2.35. The predicted molar refractivity (Wildman–Crippen MR) is 73.1 cm³/mol. The average Bonchev–Trinajstić information content (AvgIpc) is 2.33. The van der Waals surface area contributed by atoms with Crippen LogP contribution in [0.1, 0.15) is 71.6 Å². The Balaban J connectivity index is 4.28. The Morgan fingerprint density at radius 1 is 1.11 bits per heavy atom. The molecule has 0 radical (unpaired) electrons. The second kappa shape index (κ2) is 11.1. The molecular weight excluding hydrogens is 226 g/mol. The van der Waals surface area contributed by atoms with Crippen LogP contribution in [0.3, 0.4) is 0 Å². The number of carboxylic acids is 1. The van der Waals surface area contributed by atoms with E-state index in [0.717, 1.165) is 51.4 Å². The first-order valence-corrected chi connectivity index (χ1v) is 7.27. The molecule has 0 aliphatic rings. The van der Waals surface area contributed by atoms with Crippen molar-refractivity contribution in [2.45, 2.75) is 71.6 Å². The van der Waals surface area contributed by atoms with Crippen LogP contribution in [0.15, 0.2) is 0 Å². The monoisotopic (exact) mass is 253 g/mol. The topological polar surface area (TPSA) is 61.1 Å². The summed E-state index contributed by atoms with van der Waals surface area (Å²) in [4.78, 5) is 10.9. The maximum absolute atomic E-state index is 10.9. The largest absolute Gasteiger partial charge is 0.481 e. The maximum atomic E-state index is 10.9. The first kappa shape index (κ1) is 17.0. The van der Waals surface area contributed by atoms with E-state index in [4.69, 9.17) is 5.11 Å². The second-order valence-electron chi connectivity index (χ2n) is 5.09. The summed E-state index contributed by atoms with van der Waals surface area (Å²) in [6.07, 6.45) is 8.49. The lowest BCUT2D eigenvalue weighted by Crippen LogP contribution is -2.17. The van der Waals surface area contributed by atoms with E-state index in [1.807, 2.05) is 0 Å². The fraction of sp³-hybridized carbons (Fsp3) is 0.867. The first-order chi connectivity index (χ1) is 8.65. The number of nitriles is 1. The summed E-state index contributed by atoms with van der Waals surface area (Å²) >= 11 is 0. The molecule has 104 valence electrons. The van der Waals surface area contributed by atoms with Gasteiger partial charge in [0.1, 0.15) is 0 Å². The van der Waals surface area contributed by atoms with Crippen LogP contribution >= 0.6 is 0 Å². The van der Waals surface area contributed by atoms with Crippen molar-refractivity contribution in [2.24, 2.45) is 11.8 Å². The molecule has 0 spiro atoms. The molecule has 0 saturated heterocycles. The molecule has 0 rings (SSSR count). The van der Waals surface area contributed by atoms with Gasteiger partial charge in [0, 0.05) is 12.3 Å². The molecule has 2 unspecified atom stereocenters. The number of aliphatic carboxylic acids is 1. The highest BCUT2D eigenvalue weighted by Gasteiger charge is 2.23. The van der Waals surface area contributed by atoms with Crippen molar-refractivity contribution in [3.63, 3.8) is 0 Å². The average molecular weight is 253 g/mol. The maximum Gasteiger partial charge on any atom is 0.303 e. The molecule has 2 atom stereocenters. The van der Waals surface area contributed by atoms with Gasteiger partial charge in [0.05, 0.1) is 6.07 Å². The minimum absolute atomic E-state index is 0.0379. The molecular formula is C15H27NO2. The molecule has 0 aromatic heterocycles. The number of nitrogens with zero attached hydrogens (tertiary/aromatic N) is 1. The van der Waals surface area contributed by atoms with Crippen molar-refractivity contribution < 1.29 is 9.90 Å². The normalized spacial score (nSPS) is 13.8. The number of hydrogen-bond donors (Lipinski definition) is 1. The zero-order valence-corrected chi connectivity index (χ0v) is 11.8. The van der Waals surface area contributed by atoms with E-state index in [1.165, 1.54) is 0 Å². The Kier molecular flexibility index (Phi) is 10.4. The lowest BCUT2D eigenvalue weighted by molar-refractivity contribution is -0.138. The zero-order valence-electron chi connectivity index (χ0n) is 11.8. The van der Waals surface area contributed by atoms with Gasteiger partial charge in [0.25, 0.3) is 0 Å². The molecule has 0 aromatic rings. The molecule has 0 heterocycles. The summed E-state index contributed by atoms with van der Waals surface area (Å²) in [6, 6.07) is 2.33. The van der Waals surface area contributed by atoms with Crippen LogP contribution in [0.2, 0.25) is 0 Å². The van der Waals surface area contributed by atoms with Gasteiger partial charge in [-0.1, -0.05) is 52.4 Å². The van der Waals surface area contributed by atoms with Gasteiger partial charge >= 0.3 is 5.97 Å². The Hall–Kier alpha value is -1.04. The van der Waals surface area contributed by atoms with Crippen molar-refractivity contribution in [3.8, 4) is 6.07 Å². The van der Waals surface area contributed by atoms with E-state index in [2.05, 4.69) is 19.9 Å². The summed E-state index contributed by atoms with van der Waals surface area (Å²) in [5.41, 5.74) is 0. The molecule has 0 saturated carbocycles. The number of carboxylic acid groups (broad SMARTS) is 1. The van der Waals surface area contributed by atoms with Crippen LogP contribution in [0.25, 0.3) is 0 Å². The first-order valence-electron chi connectivity index (χ1n) is 7.27. The van der Waals surface area contributed by atoms with Gasteiger partial charge in [-0.25, -0.2) is 0 Å². The molecule has 1 N–H and O–H groups in total. The van der Waals surface area contributed by atoms with Gasteiger partial charge < -0.3 is 5.11 Å². The Labute approximate surface area is 111 Å². The van der Waals surface area contributed by atoms with E-state index < -0.39 is 5.97 Å². The Morgan fingerprint density at radius 3 is 2.11 bits per heavy atom. The highest BCUT2D eigenvalue weighted by Crippen LogP contribution is 2.27. The van der Waals surface area contributed by atoms with Crippen LogP contribution in [0, 0.1) is 23.2 Å². The summed E-state index contributed by atoms with van der Waals surface area (Å²) in [7, 11) is 0.